The Balaban J connectivity index is 0.000000279. The Morgan fingerprint density at radius 3 is 2.82 bits per heavy atom. The van der Waals surface area contributed by atoms with Crippen LogP contribution in [0.25, 0.3) is 10.9 Å². The molecule has 150 valence electrons. The normalized spacial score (nSPS) is 17.2. The summed E-state index contributed by atoms with van der Waals surface area (Å²) in [6.07, 6.45) is -0.306. The quantitative estimate of drug-likeness (QED) is 0.622. The number of nitrogens with zero attached hydrogens (tertiary/aromatic N) is 3. The highest BCUT2D eigenvalue weighted by Crippen LogP contribution is 2.21. The molecular weight excluding hydrogens is 379 g/mol. The summed E-state index contributed by atoms with van der Waals surface area (Å²) in [7, 11) is 0. The number of aromatic amines is 1. The molecule has 1 unspecified atom stereocenters. The molecule has 1 aliphatic rings. The summed E-state index contributed by atoms with van der Waals surface area (Å²) in [6.45, 7) is 2.03. The van der Waals surface area contributed by atoms with Crippen molar-refractivity contribution in [1.29, 1.82) is 0 Å². The van der Waals surface area contributed by atoms with Crippen molar-refractivity contribution in [2.24, 2.45) is 0 Å². The van der Waals surface area contributed by atoms with E-state index in [1.54, 1.807) is 0 Å². The van der Waals surface area contributed by atoms with Crippen LogP contribution in [0.2, 0.25) is 0 Å². The lowest BCUT2D eigenvalue weighted by atomic mass is 9.99. The molecule has 0 radical (unpaired) electrons. The molecule has 1 aliphatic heterocycles. The summed E-state index contributed by atoms with van der Waals surface area (Å²) in [5.41, 5.74) is 2.17. The summed E-state index contributed by atoms with van der Waals surface area (Å²) in [6, 6.07) is 6.20. The monoisotopic (exact) mass is 397 g/mol. The van der Waals surface area contributed by atoms with Gasteiger partial charge in [0.25, 0.3) is 0 Å². The van der Waals surface area contributed by atoms with Crippen molar-refractivity contribution < 1.29 is 27.6 Å². The predicted molar refractivity (Wildman–Crippen MR) is 91.7 cm³/mol. The predicted octanol–water partition coefficient (Wildman–Crippen LogP) is 2.64. The Morgan fingerprint density at radius 2 is 2.14 bits per heavy atom. The lowest BCUT2D eigenvalue weighted by molar-refractivity contribution is -0.192. The summed E-state index contributed by atoms with van der Waals surface area (Å²) < 4.78 is 37.1. The van der Waals surface area contributed by atoms with Gasteiger partial charge in [0.15, 0.2) is 5.82 Å². The minimum Gasteiger partial charge on any atom is -0.475 e. The molecule has 1 aromatic carbocycles. The summed E-state index contributed by atoms with van der Waals surface area (Å²) in [5, 5.41) is 22.8. The standard InChI is InChI=1S/C15H17N5O.C2HF3O2/c1-2-12(8-16-5-1)15-18-14(21-20-15)7-10-3-4-11-9-17-19-13(11)6-10;3-2(4,5)1(6)7/h3-4,6,9,12,16H,1-2,5,7-8H2,(H,17,19);(H,6,7). The van der Waals surface area contributed by atoms with Crippen molar-refractivity contribution in [1.82, 2.24) is 25.7 Å². The number of piperidine rings is 1. The first-order valence-corrected chi connectivity index (χ1v) is 8.58. The number of carboxylic acids is 1. The second kappa shape index (κ2) is 8.38. The number of carboxylic acid groups (broad SMARTS) is 1. The van der Waals surface area contributed by atoms with E-state index in [1.807, 2.05) is 6.20 Å². The molecule has 4 rings (SSSR count). The van der Waals surface area contributed by atoms with E-state index in [4.69, 9.17) is 14.4 Å². The van der Waals surface area contributed by atoms with Crippen molar-refractivity contribution in [3.05, 3.63) is 41.7 Å². The van der Waals surface area contributed by atoms with Crippen LogP contribution in [-0.4, -0.2) is 50.7 Å². The summed E-state index contributed by atoms with van der Waals surface area (Å²) in [5.74, 6) is -0.868. The number of fused-ring (bicyclic) bond motifs is 1. The first-order valence-electron chi connectivity index (χ1n) is 8.58. The molecule has 3 aromatic rings. The van der Waals surface area contributed by atoms with Gasteiger partial charge in [-0.2, -0.15) is 23.3 Å². The number of nitrogens with one attached hydrogen (secondary N) is 2. The third-order valence-corrected chi connectivity index (χ3v) is 4.25. The van der Waals surface area contributed by atoms with E-state index >= 15 is 0 Å². The van der Waals surface area contributed by atoms with Gasteiger partial charge in [0, 0.05) is 17.8 Å². The van der Waals surface area contributed by atoms with Crippen LogP contribution in [0.4, 0.5) is 13.2 Å². The first-order chi connectivity index (χ1) is 13.3. The Hall–Kier alpha value is -2.95. The highest BCUT2D eigenvalue weighted by atomic mass is 19.4. The molecule has 2 aromatic heterocycles. The minimum atomic E-state index is -5.08. The van der Waals surface area contributed by atoms with E-state index < -0.39 is 12.1 Å². The van der Waals surface area contributed by atoms with Crippen LogP contribution in [0.15, 0.2) is 28.9 Å². The molecule has 3 heterocycles. The van der Waals surface area contributed by atoms with Crippen LogP contribution >= 0.6 is 0 Å². The van der Waals surface area contributed by atoms with Gasteiger partial charge in [0.2, 0.25) is 5.89 Å². The molecule has 0 saturated carbocycles. The fraction of sp³-hybridized carbons (Fsp3) is 0.412. The minimum absolute atomic E-state index is 0.381. The molecule has 0 amide bonds. The van der Waals surface area contributed by atoms with E-state index in [9.17, 15) is 13.2 Å². The number of hydrogen-bond acceptors (Lipinski definition) is 6. The number of hydrogen-bond donors (Lipinski definition) is 3. The lowest BCUT2D eigenvalue weighted by Crippen LogP contribution is -2.28. The van der Waals surface area contributed by atoms with Crippen molar-refractivity contribution in [3.8, 4) is 0 Å². The molecule has 11 heteroatoms. The van der Waals surface area contributed by atoms with Gasteiger partial charge in [-0.1, -0.05) is 17.3 Å². The van der Waals surface area contributed by atoms with Gasteiger partial charge in [-0.3, -0.25) is 5.10 Å². The number of halogens is 3. The molecule has 0 aliphatic carbocycles. The van der Waals surface area contributed by atoms with Crippen LogP contribution in [0.3, 0.4) is 0 Å². The molecule has 1 saturated heterocycles. The maximum absolute atomic E-state index is 10.6. The van der Waals surface area contributed by atoms with Crippen molar-refractivity contribution >= 4 is 16.9 Å². The Kier molecular flexibility index (Phi) is 5.93. The highest BCUT2D eigenvalue weighted by molar-refractivity contribution is 5.78. The smallest absolute Gasteiger partial charge is 0.475 e. The van der Waals surface area contributed by atoms with Crippen LogP contribution in [0.5, 0.6) is 0 Å². The zero-order chi connectivity index (χ0) is 20.1. The van der Waals surface area contributed by atoms with Crippen molar-refractivity contribution in [3.63, 3.8) is 0 Å². The Bertz CT molecular complexity index is 931. The van der Waals surface area contributed by atoms with E-state index in [-0.39, 0.29) is 0 Å². The van der Waals surface area contributed by atoms with Gasteiger partial charge in [0.1, 0.15) is 0 Å². The number of aromatic nitrogens is 4. The van der Waals surface area contributed by atoms with Gasteiger partial charge in [-0.25, -0.2) is 4.79 Å². The van der Waals surface area contributed by atoms with Gasteiger partial charge < -0.3 is 14.9 Å². The molecule has 0 bridgehead atoms. The van der Waals surface area contributed by atoms with E-state index in [0.717, 1.165) is 41.8 Å². The third kappa shape index (κ3) is 5.06. The van der Waals surface area contributed by atoms with Crippen molar-refractivity contribution in [2.45, 2.75) is 31.4 Å². The zero-order valence-corrected chi connectivity index (χ0v) is 14.7. The number of aliphatic carboxylic acids is 1. The number of rotatable bonds is 3. The molecule has 8 nitrogen and oxygen atoms in total. The fourth-order valence-corrected chi connectivity index (χ4v) is 2.85. The van der Waals surface area contributed by atoms with Crippen LogP contribution in [0, 0.1) is 0 Å². The molecule has 1 fully saturated rings. The summed E-state index contributed by atoms with van der Waals surface area (Å²) >= 11 is 0. The topological polar surface area (TPSA) is 117 Å². The first kappa shape index (κ1) is 19.8. The largest absolute Gasteiger partial charge is 0.490 e. The molecule has 3 N–H and O–H groups in total. The van der Waals surface area contributed by atoms with Crippen LogP contribution in [0.1, 0.15) is 36.0 Å². The molecule has 28 heavy (non-hydrogen) atoms. The molecular formula is C17H18F3N5O3. The maximum atomic E-state index is 10.6. The second-order valence-electron chi connectivity index (χ2n) is 6.36. The highest BCUT2D eigenvalue weighted by Gasteiger charge is 2.38. The number of benzene rings is 1. The Labute approximate surface area is 157 Å². The number of H-pyrrole nitrogens is 1. The average Bonchev–Trinajstić information content (AvgIpc) is 3.31. The number of carbonyl (C=O) groups is 1. The zero-order valence-electron chi connectivity index (χ0n) is 14.7. The Morgan fingerprint density at radius 1 is 1.36 bits per heavy atom. The summed E-state index contributed by atoms with van der Waals surface area (Å²) in [4.78, 5) is 13.4. The maximum Gasteiger partial charge on any atom is 0.490 e. The second-order valence-corrected chi connectivity index (χ2v) is 6.36. The van der Waals surface area contributed by atoms with E-state index in [2.05, 4.69) is 43.9 Å². The van der Waals surface area contributed by atoms with Crippen molar-refractivity contribution in [2.75, 3.05) is 13.1 Å². The van der Waals surface area contributed by atoms with E-state index in [0.29, 0.717) is 18.2 Å². The van der Waals surface area contributed by atoms with Crippen LogP contribution in [-0.2, 0) is 11.2 Å². The van der Waals surface area contributed by atoms with E-state index in [1.165, 1.54) is 6.42 Å². The van der Waals surface area contributed by atoms with Gasteiger partial charge in [-0.15, -0.1) is 0 Å². The average molecular weight is 397 g/mol. The fourth-order valence-electron chi connectivity index (χ4n) is 2.85. The lowest BCUT2D eigenvalue weighted by Gasteiger charge is -2.19. The van der Waals surface area contributed by atoms with Gasteiger partial charge >= 0.3 is 12.1 Å². The SMILES string of the molecule is O=C(O)C(F)(F)F.c1cc2cn[nH]c2cc1Cc1nc(C2CCCNC2)no1. The van der Waals surface area contributed by atoms with Gasteiger partial charge in [0.05, 0.1) is 18.1 Å². The van der Waals surface area contributed by atoms with Gasteiger partial charge in [-0.05, 0) is 31.0 Å². The van der Waals surface area contributed by atoms with Crippen LogP contribution < -0.4 is 5.32 Å². The number of alkyl halides is 3. The molecule has 0 spiro atoms. The molecule has 1 atom stereocenters. The third-order valence-electron chi connectivity index (χ3n) is 4.25.